The van der Waals surface area contributed by atoms with Crippen molar-refractivity contribution in [3.05, 3.63) is 94.2 Å². The molecule has 1 aliphatic heterocycles. The molecule has 4 rings (SSSR count). The lowest BCUT2D eigenvalue weighted by Gasteiger charge is -2.36. The van der Waals surface area contributed by atoms with Gasteiger partial charge in [0.1, 0.15) is 18.0 Å². The molecular weight excluding hydrogens is 438 g/mol. The van der Waals surface area contributed by atoms with Gasteiger partial charge in [0.2, 0.25) is 0 Å². The average Bonchev–Trinajstić information content (AvgIpc) is 2.73. The minimum atomic E-state index is -0.627. The molecule has 0 aromatic heterocycles. The third-order valence-corrected chi connectivity index (χ3v) is 5.69. The Labute approximate surface area is 189 Å². The lowest BCUT2D eigenvalue weighted by atomic mass is 10.1. The van der Waals surface area contributed by atoms with Gasteiger partial charge < -0.3 is 0 Å². The van der Waals surface area contributed by atoms with E-state index in [2.05, 4.69) is 6.58 Å². The molecule has 156 valence electrons. The number of nitrogens with zero attached hydrogens (tertiary/aromatic N) is 2. The van der Waals surface area contributed by atoms with Gasteiger partial charge in [-0.3, -0.25) is 19.4 Å². The Morgan fingerprint density at radius 2 is 1.61 bits per heavy atom. The second kappa shape index (κ2) is 8.17. The normalized spacial score (nSPS) is 13.2. The molecule has 3 aromatic carbocycles. The molecule has 0 saturated carbocycles. The number of hydrogen-bond donors (Lipinski definition) is 0. The van der Waals surface area contributed by atoms with Crippen molar-refractivity contribution in [1.29, 1.82) is 0 Å². The molecule has 1 aliphatic rings. The molecule has 4 nitrogen and oxygen atoms in total. The zero-order valence-corrected chi connectivity index (χ0v) is 18.0. The number of amides is 2. The molecule has 0 bridgehead atoms. The Morgan fingerprint density at radius 3 is 2.23 bits per heavy atom. The summed E-state index contributed by atoms with van der Waals surface area (Å²) in [4.78, 5) is 28.9. The minimum Gasteiger partial charge on any atom is -0.297 e. The van der Waals surface area contributed by atoms with Crippen LogP contribution in [0.15, 0.2) is 67.2 Å². The first-order valence-corrected chi connectivity index (χ1v) is 10.2. The van der Waals surface area contributed by atoms with Crippen LogP contribution in [0.4, 0.5) is 21.5 Å². The quantitative estimate of drug-likeness (QED) is 0.453. The van der Waals surface area contributed by atoms with Crippen LogP contribution in [0.1, 0.15) is 22.8 Å². The number of hydrogen-bond acceptors (Lipinski definition) is 2. The maximum atomic E-state index is 15.0. The molecule has 0 atom stereocenters. The first kappa shape index (κ1) is 21.1. The van der Waals surface area contributed by atoms with Crippen molar-refractivity contribution in [1.82, 2.24) is 0 Å². The molecule has 1 heterocycles. The lowest BCUT2D eigenvalue weighted by molar-refractivity contribution is -0.116. The summed E-state index contributed by atoms with van der Waals surface area (Å²) in [6.07, 6.45) is 0. The van der Waals surface area contributed by atoms with Crippen LogP contribution in [-0.4, -0.2) is 18.4 Å². The number of allylic oxidation sites excluding steroid dienone is 1. The van der Waals surface area contributed by atoms with Gasteiger partial charge in [-0.2, -0.15) is 0 Å². The summed E-state index contributed by atoms with van der Waals surface area (Å²) in [5.74, 6) is -1.66. The SMILES string of the molecule is C=C(C)c1ccc(N2C(=O)CN(C(=O)c3c(Cl)cccc3Cl)c3cccc(F)c32)cc1. The zero-order chi connectivity index (χ0) is 22.3. The first-order valence-electron chi connectivity index (χ1n) is 9.43. The summed E-state index contributed by atoms with van der Waals surface area (Å²) in [7, 11) is 0. The highest BCUT2D eigenvalue weighted by Gasteiger charge is 2.37. The summed E-state index contributed by atoms with van der Waals surface area (Å²) >= 11 is 12.4. The topological polar surface area (TPSA) is 40.6 Å². The van der Waals surface area contributed by atoms with Crippen molar-refractivity contribution in [2.75, 3.05) is 16.3 Å². The van der Waals surface area contributed by atoms with Gasteiger partial charge in [0, 0.05) is 5.69 Å². The third-order valence-electron chi connectivity index (χ3n) is 5.06. The van der Waals surface area contributed by atoms with E-state index in [9.17, 15) is 14.0 Å². The number of rotatable bonds is 3. The molecule has 3 aromatic rings. The van der Waals surface area contributed by atoms with Crippen LogP contribution in [0.25, 0.3) is 5.57 Å². The van der Waals surface area contributed by atoms with E-state index in [0.29, 0.717) is 5.69 Å². The second-order valence-corrected chi connectivity index (χ2v) is 7.97. The van der Waals surface area contributed by atoms with E-state index in [4.69, 9.17) is 23.2 Å². The molecule has 2 amide bonds. The van der Waals surface area contributed by atoms with Gasteiger partial charge in [-0.05, 0) is 48.9 Å². The van der Waals surface area contributed by atoms with Crippen LogP contribution in [0.2, 0.25) is 10.0 Å². The van der Waals surface area contributed by atoms with E-state index >= 15 is 0 Å². The van der Waals surface area contributed by atoms with Crippen molar-refractivity contribution in [3.8, 4) is 0 Å². The van der Waals surface area contributed by atoms with Crippen molar-refractivity contribution in [2.24, 2.45) is 0 Å². The average molecular weight is 455 g/mol. The third kappa shape index (κ3) is 3.71. The number of carbonyl (C=O) groups is 2. The van der Waals surface area contributed by atoms with E-state index < -0.39 is 17.6 Å². The van der Waals surface area contributed by atoms with E-state index in [1.807, 2.05) is 19.1 Å². The first-order chi connectivity index (χ1) is 14.8. The highest BCUT2D eigenvalue weighted by atomic mass is 35.5. The highest BCUT2D eigenvalue weighted by Crippen LogP contribution is 2.41. The van der Waals surface area contributed by atoms with E-state index in [-0.39, 0.29) is 33.5 Å². The molecule has 0 N–H and O–H groups in total. The molecule has 0 saturated heterocycles. The Balaban J connectivity index is 1.83. The minimum absolute atomic E-state index is 0.00153. The Kier molecular flexibility index (Phi) is 5.56. The van der Waals surface area contributed by atoms with Gasteiger partial charge in [0.15, 0.2) is 0 Å². The maximum absolute atomic E-state index is 15.0. The summed E-state index contributed by atoms with van der Waals surface area (Å²) in [5.41, 5.74) is 2.59. The Hall–Kier alpha value is -3.15. The highest BCUT2D eigenvalue weighted by molar-refractivity contribution is 6.41. The summed E-state index contributed by atoms with van der Waals surface area (Å²) in [5, 5.41) is 0.307. The van der Waals surface area contributed by atoms with Crippen molar-refractivity contribution in [3.63, 3.8) is 0 Å². The van der Waals surface area contributed by atoms with Crippen LogP contribution in [0, 0.1) is 5.82 Å². The number of fused-ring (bicyclic) bond motifs is 1. The zero-order valence-electron chi connectivity index (χ0n) is 16.5. The van der Waals surface area contributed by atoms with E-state index in [1.54, 1.807) is 24.3 Å². The van der Waals surface area contributed by atoms with E-state index in [0.717, 1.165) is 11.1 Å². The number of halogens is 3. The van der Waals surface area contributed by atoms with Gasteiger partial charge in [-0.25, -0.2) is 4.39 Å². The summed E-state index contributed by atoms with van der Waals surface area (Å²) < 4.78 is 15.0. The molecule has 0 radical (unpaired) electrons. The molecule has 0 spiro atoms. The fraction of sp³-hybridized carbons (Fsp3) is 0.0833. The molecule has 0 aliphatic carbocycles. The smallest absolute Gasteiger partial charge is 0.261 e. The standard InChI is InChI=1S/C24H17Cl2FN2O2/c1-14(2)15-9-11-16(12-10-15)29-21(30)13-28(20-8-4-7-19(27)23(20)29)24(31)22-17(25)5-3-6-18(22)26/h3-12H,1,13H2,2H3. The monoisotopic (exact) mass is 454 g/mol. The lowest BCUT2D eigenvalue weighted by Crippen LogP contribution is -2.47. The summed E-state index contributed by atoms with van der Waals surface area (Å²) in [6, 6.07) is 16.1. The molecule has 0 unspecified atom stereocenters. The van der Waals surface area contributed by atoms with Crippen molar-refractivity contribution < 1.29 is 14.0 Å². The fourth-order valence-electron chi connectivity index (χ4n) is 3.55. The van der Waals surface area contributed by atoms with Crippen LogP contribution in [0.5, 0.6) is 0 Å². The Bertz CT molecular complexity index is 1200. The van der Waals surface area contributed by atoms with Gasteiger partial charge in [-0.15, -0.1) is 0 Å². The van der Waals surface area contributed by atoms with Crippen LogP contribution >= 0.6 is 23.2 Å². The maximum Gasteiger partial charge on any atom is 0.261 e. The summed E-state index contributed by atoms with van der Waals surface area (Å²) in [6.45, 7) is 5.48. The van der Waals surface area contributed by atoms with Gasteiger partial charge >= 0.3 is 0 Å². The van der Waals surface area contributed by atoms with Crippen LogP contribution in [0.3, 0.4) is 0 Å². The number of carbonyl (C=O) groups excluding carboxylic acids is 2. The number of anilines is 3. The molecule has 7 heteroatoms. The van der Waals surface area contributed by atoms with Crippen molar-refractivity contribution >= 4 is 57.7 Å². The van der Waals surface area contributed by atoms with Crippen molar-refractivity contribution in [2.45, 2.75) is 6.92 Å². The second-order valence-electron chi connectivity index (χ2n) is 7.15. The van der Waals surface area contributed by atoms with Crippen LogP contribution in [-0.2, 0) is 4.79 Å². The Morgan fingerprint density at radius 1 is 1.00 bits per heavy atom. The van der Waals surface area contributed by atoms with E-state index in [1.165, 1.54) is 34.1 Å². The largest absolute Gasteiger partial charge is 0.297 e. The number of benzene rings is 3. The van der Waals surface area contributed by atoms with Gasteiger partial charge in [-0.1, -0.05) is 59.6 Å². The van der Waals surface area contributed by atoms with Gasteiger partial charge in [0.25, 0.3) is 11.8 Å². The molecule has 0 fully saturated rings. The van der Waals surface area contributed by atoms with Gasteiger partial charge in [0.05, 0.1) is 21.3 Å². The van der Waals surface area contributed by atoms with Crippen LogP contribution < -0.4 is 9.80 Å². The predicted octanol–water partition coefficient (Wildman–Crippen LogP) is 6.49. The fourth-order valence-corrected chi connectivity index (χ4v) is 4.10. The number of para-hydroxylation sites is 1. The molecule has 31 heavy (non-hydrogen) atoms. The molecular formula is C24H17Cl2FN2O2. The predicted molar refractivity (Wildman–Crippen MR) is 123 cm³/mol.